The molecule has 0 spiro atoms. The smallest absolute Gasteiger partial charge is 0.292 e. The maximum atomic E-state index is 12.6. The van der Waals surface area contributed by atoms with Gasteiger partial charge in [0, 0.05) is 37.2 Å². The SMILES string of the molecule is Nc1ccc(C(=O)N2CCC(C(=O)NCc3ccccc3)CC2)cc1[N+](=O)[O-]. The van der Waals surface area contributed by atoms with Gasteiger partial charge in [-0.15, -0.1) is 0 Å². The van der Waals surface area contributed by atoms with E-state index in [1.54, 1.807) is 4.90 Å². The van der Waals surface area contributed by atoms with Crippen molar-refractivity contribution >= 4 is 23.2 Å². The summed E-state index contributed by atoms with van der Waals surface area (Å²) in [5.41, 5.74) is 6.59. The van der Waals surface area contributed by atoms with Crippen molar-refractivity contribution in [3.8, 4) is 0 Å². The molecule has 1 heterocycles. The number of likely N-dealkylation sites (tertiary alicyclic amines) is 1. The highest BCUT2D eigenvalue weighted by molar-refractivity contribution is 5.95. The topological polar surface area (TPSA) is 119 Å². The molecular weight excluding hydrogens is 360 g/mol. The number of carbonyl (C=O) groups excluding carboxylic acids is 2. The van der Waals surface area contributed by atoms with Crippen molar-refractivity contribution < 1.29 is 14.5 Å². The molecule has 8 nitrogen and oxygen atoms in total. The number of nitrogens with zero attached hydrogens (tertiary/aromatic N) is 2. The zero-order valence-corrected chi connectivity index (χ0v) is 15.3. The van der Waals surface area contributed by atoms with Crippen LogP contribution in [0.25, 0.3) is 0 Å². The molecule has 2 amide bonds. The van der Waals surface area contributed by atoms with Gasteiger partial charge < -0.3 is 16.0 Å². The quantitative estimate of drug-likeness (QED) is 0.467. The summed E-state index contributed by atoms with van der Waals surface area (Å²) in [6.45, 7) is 1.34. The van der Waals surface area contributed by atoms with Crippen LogP contribution in [0.4, 0.5) is 11.4 Å². The van der Waals surface area contributed by atoms with Crippen LogP contribution in [-0.2, 0) is 11.3 Å². The van der Waals surface area contributed by atoms with Gasteiger partial charge >= 0.3 is 0 Å². The Balaban J connectivity index is 1.54. The molecule has 0 saturated carbocycles. The number of hydrogen-bond acceptors (Lipinski definition) is 5. The normalized spacial score (nSPS) is 14.5. The Labute approximate surface area is 162 Å². The maximum Gasteiger partial charge on any atom is 0.292 e. The molecule has 8 heteroatoms. The lowest BCUT2D eigenvalue weighted by atomic mass is 9.95. The highest BCUT2D eigenvalue weighted by Crippen LogP contribution is 2.25. The largest absolute Gasteiger partial charge is 0.393 e. The van der Waals surface area contributed by atoms with E-state index in [2.05, 4.69) is 5.32 Å². The number of nitrogen functional groups attached to an aromatic ring is 1. The summed E-state index contributed by atoms with van der Waals surface area (Å²) >= 11 is 0. The van der Waals surface area contributed by atoms with Crippen LogP contribution in [0.5, 0.6) is 0 Å². The number of piperidine rings is 1. The summed E-state index contributed by atoms with van der Waals surface area (Å²) in [5, 5.41) is 14.0. The fraction of sp³-hybridized carbons (Fsp3) is 0.300. The third-order valence-corrected chi connectivity index (χ3v) is 4.94. The van der Waals surface area contributed by atoms with Crippen molar-refractivity contribution in [1.82, 2.24) is 10.2 Å². The first-order valence-electron chi connectivity index (χ1n) is 9.10. The van der Waals surface area contributed by atoms with Crippen molar-refractivity contribution in [3.63, 3.8) is 0 Å². The highest BCUT2D eigenvalue weighted by Gasteiger charge is 2.28. The van der Waals surface area contributed by atoms with Crippen LogP contribution < -0.4 is 11.1 Å². The van der Waals surface area contributed by atoms with E-state index in [-0.39, 0.29) is 34.7 Å². The fourth-order valence-electron chi connectivity index (χ4n) is 3.29. The van der Waals surface area contributed by atoms with E-state index in [4.69, 9.17) is 5.73 Å². The van der Waals surface area contributed by atoms with Crippen molar-refractivity contribution in [3.05, 3.63) is 69.8 Å². The molecule has 2 aromatic rings. The van der Waals surface area contributed by atoms with Gasteiger partial charge in [-0.3, -0.25) is 19.7 Å². The molecule has 146 valence electrons. The minimum absolute atomic E-state index is 0.0147. The molecule has 0 aliphatic carbocycles. The van der Waals surface area contributed by atoms with E-state index in [0.717, 1.165) is 5.56 Å². The molecule has 3 rings (SSSR count). The lowest BCUT2D eigenvalue weighted by molar-refractivity contribution is -0.383. The van der Waals surface area contributed by atoms with E-state index in [1.165, 1.54) is 18.2 Å². The minimum Gasteiger partial charge on any atom is -0.393 e. The molecule has 2 aromatic carbocycles. The summed E-state index contributed by atoms with van der Waals surface area (Å²) in [6.07, 6.45) is 1.12. The zero-order valence-electron chi connectivity index (χ0n) is 15.3. The van der Waals surface area contributed by atoms with Crippen LogP contribution in [0.3, 0.4) is 0 Å². The summed E-state index contributed by atoms with van der Waals surface area (Å²) < 4.78 is 0. The number of hydrogen-bond donors (Lipinski definition) is 2. The fourth-order valence-corrected chi connectivity index (χ4v) is 3.29. The number of carbonyl (C=O) groups is 2. The van der Waals surface area contributed by atoms with Gasteiger partial charge in [-0.1, -0.05) is 30.3 Å². The predicted molar refractivity (Wildman–Crippen MR) is 104 cm³/mol. The summed E-state index contributed by atoms with van der Waals surface area (Å²) in [4.78, 5) is 37.0. The maximum absolute atomic E-state index is 12.6. The van der Waals surface area contributed by atoms with Gasteiger partial charge in [-0.05, 0) is 30.5 Å². The van der Waals surface area contributed by atoms with Crippen LogP contribution in [-0.4, -0.2) is 34.7 Å². The van der Waals surface area contributed by atoms with Crippen molar-refractivity contribution in [2.45, 2.75) is 19.4 Å². The summed E-state index contributed by atoms with van der Waals surface area (Å²) in [6, 6.07) is 13.7. The molecule has 1 aliphatic heterocycles. The lowest BCUT2D eigenvalue weighted by Gasteiger charge is -2.31. The van der Waals surface area contributed by atoms with E-state index in [9.17, 15) is 19.7 Å². The number of amides is 2. The van der Waals surface area contributed by atoms with E-state index >= 15 is 0 Å². The molecule has 1 aliphatic rings. The van der Waals surface area contributed by atoms with Gasteiger partial charge in [-0.25, -0.2) is 0 Å². The van der Waals surface area contributed by atoms with Crippen molar-refractivity contribution in [2.24, 2.45) is 5.92 Å². The van der Waals surface area contributed by atoms with Gasteiger partial charge in [0.1, 0.15) is 5.69 Å². The number of nitrogens with two attached hydrogens (primary N) is 1. The Bertz CT molecular complexity index is 877. The second kappa shape index (κ2) is 8.51. The first-order valence-corrected chi connectivity index (χ1v) is 9.10. The number of nitro groups is 1. The molecule has 0 radical (unpaired) electrons. The van der Waals surface area contributed by atoms with Gasteiger partial charge in [-0.2, -0.15) is 0 Å². The number of rotatable bonds is 5. The average Bonchev–Trinajstić information content (AvgIpc) is 2.72. The molecule has 0 unspecified atom stereocenters. The minimum atomic E-state index is -0.602. The molecular formula is C20H22N4O4. The van der Waals surface area contributed by atoms with Gasteiger partial charge in [0.2, 0.25) is 5.91 Å². The van der Waals surface area contributed by atoms with Gasteiger partial charge in [0.05, 0.1) is 4.92 Å². The van der Waals surface area contributed by atoms with E-state index in [1.807, 2.05) is 30.3 Å². The Morgan fingerprint density at radius 1 is 1.14 bits per heavy atom. The molecule has 0 aromatic heterocycles. The molecule has 3 N–H and O–H groups in total. The summed E-state index contributed by atoms with van der Waals surface area (Å²) in [5.74, 6) is -0.446. The molecule has 1 fully saturated rings. The highest BCUT2D eigenvalue weighted by atomic mass is 16.6. The number of anilines is 1. The lowest BCUT2D eigenvalue weighted by Crippen LogP contribution is -2.42. The predicted octanol–water partition coefficient (Wildman–Crippen LogP) is 2.35. The second-order valence-corrected chi connectivity index (χ2v) is 6.80. The molecule has 0 atom stereocenters. The number of benzene rings is 2. The van der Waals surface area contributed by atoms with E-state index in [0.29, 0.717) is 32.5 Å². The van der Waals surface area contributed by atoms with Gasteiger partial charge in [0.25, 0.3) is 11.6 Å². The second-order valence-electron chi connectivity index (χ2n) is 6.80. The number of nitro benzene ring substituents is 1. The molecule has 0 bridgehead atoms. The van der Waals surface area contributed by atoms with Crippen LogP contribution in [0.2, 0.25) is 0 Å². The Morgan fingerprint density at radius 3 is 2.46 bits per heavy atom. The number of nitrogens with one attached hydrogen (secondary N) is 1. The van der Waals surface area contributed by atoms with Crippen molar-refractivity contribution in [1.29, 1.82) is 0 Å². The standard InChI is InChI=1S/C20H22N4O4/c21-17-7-6-16(12-18(17)24(27)28)20(26)23-10-8-15(9-11-23)19(25)22-13-14-4-2-1-3-5-14/h1-7,12,15H,8-11,13,21H2,(H,22,25). The third-order valence-electron chi connectivity index (χ3n) is 4.94. The third kappa shape index (κ3) is 4.46. The van der Waals surface area contributed by atoms with Crippen LogP contribution >= 0.6 is 0 Å². The van der Waals surface area contributed by atoms with Crippen LogP contribution in [0.15, 0.2) is 48.5 Å². The Hall–Kier alpha value is -3.42. The molecule has 28 heavy (non-hydrogen) atoms. The Morgan fingerprint density at radius 2 is 1.82 bits per heavy atom. The first-order chi connectivity index (χ1) is 13.5. The monoisotopic (exact) mass is 382 g/mol. The van der Waals surface area contributed by atoms with Crippen LogP contribution in [0, 0.1) is 16.0 Å². The summed E-state index contributed by atoms with van der Waals surface area (Å²) in [7, 11) is 0. The van der Waals surface area contributed by atoms with E-state index < -0.39 is 4.92 Å². The van der Waals surface area contributed by atoms with Crippen LogP contribution in [0.1, 0.15) is 28.8 Å². The zero-order chi connectivity index (χ0) is 20.1. The van der Waals surface area contributed by atoms with Gasteiger partial charge in [0.15, 0.2) is 0 Å². The average molecular weight is 382 g/mol. The van der Waals surface area contributed by atoms with Crippen molar-refractivity contribution in [2.75, 3.05) is 18.8 Å². The molecule has 1 saturated heterocycles. The first kappa shape index (κ1) is 19.3. The Kier molecular flexibility index (Phi) is 5.88.